The number of nitrogens with zero attached hydrogens (tertiary/aromatic N) is 1. The molecule has 1 atom stereocenters. The Morgan fingerprint density at radius 2 is 2.12 bits per heavy atom. The highest BCUT2D eigenvalue weighted by molar-refractivity contribution is 5.72. The van der Waals surface area contributed by atoms with Gasteiger partial charge in [-0.1, -0.05) is 30.0 Å². The fraction of sp³-hybridized carbons (Fsp3) is 0.444. The Hall–Kier alpha value is -2.62. The van der Waals surface area contributed by atoms with Gasteiger partial charge in [0.05, 0.1) is 25.6 Å². The van der Waals surface area contributed by atoms with E-state index < -0.39 is 12.5 Å². The molecule has 0 radical (unpaired) electrons. The molecule has 2 saturated heterocycles. The number of rotatable bonds is 3. The zero-order chi connectivity index (χ0) is 17.8. The molecule has 1 aromatic carbocycles. The maximum Gasteiger partial charge on any atom is 0.409 e. The summed E-state index contributed by atoms with van der Waals surface area (Å²) in [6.07, 6.45) is -2.75. The minimum atomic E-state index is -2.56. The number of esters is 1. The Kier molecular flexibility index (Phi) is 5.17. The lowest BCUT2D eigenvalue weighted by atomic mass is 10.0. The van der Waals surface area contributed by atoms with Crippen LogP contribution >= 0.6 is 0 Å². The van der Waals surface area contributed by atoms with Crippen LogP contribution in [0.1, 0.15) is 24.0 Å². The molecule has 7 heteroatoms. The second-order valence-corrected chi connectivity index (χ2v) is 6.09. The Balaban J connectivity index is 1.45. The number of benzene rings is 1. The molecule has 2 heterocycles. The number of likely N-dealkylation sites (tertiary alicyclic amines) is 1. The molecule has 5 nitrogen and oxygen atoms in total. The number of carbonyl (C=O) groups is 2. The first kappa shape index (κ1) is 17.2. The minimum Gasteiger partial charge on any atom is -0.465 e. The number of alkyl halides is 2. The van der Waals surface area contributed by atoms with Crippen molar-refractivity contribution < 1.29 is 27.8 Å². The van der Waals surface area contributed by atoms with Crippen molar-refractivity contribution in [2.75, 3.05) is 26.3 Å². The average Bonchev–Trinajstić information content (AvgIpc) is 2.97. The van der Waals surface area contributed by atoms with Crippen LogP contribution in [0, 0.1) is 23.7 Å². The van der Waals surface area contributed by atoms with E-state index in [9.17, 15) is 18.4 Å². The topological polar surface area (TPSA) is 55.8 Å². The molecule has 1 amide bonds. The normalized spacial score (nSPS) is 19.9. The van der Waals surface area contributed by atoms with Crippen LogP contribution in [0.25, 0.3) is 0 Å². The van der Waals surface area contributed by atoms with Gasteiger partial charge in [-0.25, -0.2) is 13.6 Å². The second kappa shape index (κ2) is 7.51. The summed E-state index contributed by atoms with van der Waals surface area (Å²) in [6, 6.07) is 6.13. The summed E-state index contributed by atoms with van der Waals surface area (Å²) in [6.45, 7) is 1.24. The van der Waals surface area contributed by atoms with Crippen molar-refractivity contribution in [3.8, 4) is 11.8 Å². The molecule has 0 aliphatic carbocycles. The quantitative estimate of drug-likeness (QED) is 0.622. The molecular weight excluding hydrogens is 332 g/mol. The smallest absolute Gasteiger partial charge is 0.409 e. The Bertz CT molecular complexity index is 719. The zero-order valence-electron chi connectivity index (χ0n) is 13.4. The van der Waals surface area contributed by atoms with E-state index in [1.165, 1.54) is 11.0 Å². The van der Waals surface area contributed by atoms with Crippen molar-refractivity contribution in [2.24, 2.45) is 11.8 Å². The van der Waals surface area contributed by atoms with Crippen molar-refractivity contribution >= 4 is 12.1 Å². The van der Waals surface area contributed by atoms with Crippen LogP contribution in [0.3, 0.4) is 0 Å². The predicted molar refractivity (Wildman–Crippen MR) is 83.8 cm³/mol. The van der Waals surface area contributed by atoms with E-state index in [1.54, 1.807) is 18.2 Å². The molecule has 132 valence electrons. The average molecular weight is 349 g/mol. The highest BCUT2D eigenvalue weighted by atomic mass is 19.3. The van der Waals surface area contributed by atoms with Gasteiger partial charge in [0.15, 0.2) is 0 Å². The molecule has 25 heavy (non-hydrogen) atoms. The maximum absolute atomic E-state index is 12.9. The number of ether oxygens (including phenoxy) is 2. The van der Waals surface area contributed by atoms with Gasteiger partial charge in [0, 0.05) is 30.1 Å². The Labute approximate surface area is 143 Å². The first-order chi connectivity index (χ1) is 12.0. The van der Waals surface area contributed by atoms with Gasteiger partial charge >= 0.3 is 12.1 Å². The largest absolute Gasteiger partial charge is 0.465 e. The predicted octanol–water partition coefficient (Wildman–Crippen LogP) is 2.61. The number of hydrogen-bond acceptors (Lipinski definition) is 4. The third kappa shape index (κ3) is 4.27. The van der Waals surface area contributed by atoms with E-state index in [1.807, 2.05) is 0 Å². The van der Waals surface area contributed by atoms with Gasteiger partial charge in [-0.2, -0.15) is 0 Å². The molecular formula is C18H17F2NO4. The monoisotopic (exact) mass is 349 g/mol. The SMILES string of the molecule is O=C1C[C@H](COC(=O)N2CC(C#Cc3ccccc3C(F)F)C2)CO1. The lowest BCUT2D eigenvalue weighted by molar-refractivity contribution is -0.137. The molecule has 0 spiro atoms. The van der Waals surface area contributed by atoms with Crippen LogP contribution in [0.5, 0.6) is 0 Å². The van der Waals surface area contributed by atoms with E-state index in [0.717, 1.165) is 0 Å². The number of carbonyl (C=O) groups excluding carboxylic acids is 2. The minimum absolute atomic E-state index is 0.0605. The van der Waals surface area contributed by atoms with Crippen molar-refractivity contribution in [3.05, 3.63) is 35.4 Å². The molecule has 0 saturated carbocycles. The zero-order valence-corrected chi connectivity index (χ0v) is 13.4. The second-order valence-electron chi connectivity index (χ2n) is 6.09. The van der Waals surface area contributed by atoms with Gasteiger partial charge in [0.25, 0.3) is 6.43 Å². The molecule has 1 aromatic rings. The first-order valence-corrected chi connectivity index (χ1v) is 7.99. The summed E-state index contributed by atoms with van der Waals surface area (Å²) in [5, 5.41) is 0. The first-order valence-electron chi connectivity index (χ1n) is 7.99. The van der Waals surface area contributed by atoms with E-state index in [-0.39, 0.29) is 43.0 Å². The number of amides is 1. The number of cyclic esters (lactones) is 1. The summed E-state index contributed by atoms with van der Waals surface area (Å²) < 4.78 is 35.7. The molecule has 2 aliphatic heterocycles. The van der Waals surface area contributed by atoms with E-state index in [0.29, 0.717) is 18.7 Å². The van der Waals surface area contributed by atoms with Crippen molar-refractivity contribution in [1.29, 1.82) is 0 Å². The molecule has 2 aliphatic rings. The molecule has 0 bridgehead atoms. The Morgan fingerprint density at radius 1 is 1.36 bits per heavy atom. The fourth-order valence-corrected chi connectivity index (χ4v) is 2.65. The van der Waals surface area contributed by atoms with Crippen molar-refractivity contribution in [3.63, 3.8) is 0 Å². The van der Waals surface area contributed by atoms with Crippen molar-refractivity contribution in [2.45, 2.75) is 12.8 Å². The molecule has 0 unspecified atom stereocenters. The fourth-order valence-electron chi connectivity index (χ4n) is 2.65. The number of halogens is 2. The molecule has 2 fully saturated rings. The van der Waals surface area contributed by atoms with Crippen LogP contribution in [0.2, 0.25) is 0 Å². The summed E-state index contributed by atoms with van der Waals surface area (Å²) >= 11 is 0. The highest BCUT2D eigenvalue weighted by Gasteiger charge is 2.32. The van der Waals surface area contributed by atoms with Gasteiger partial charge in [0.2, 0.25) is 0 Å². The van der Waals surface area contributed by atoms with Gasteiger partial charge < -0.3 is 14.4 Å². The summed E-state index contributed by atoms with van der Waals surface area (Å²) in [4.78, 5) is 24.3. The summed E-state index contributed by atoms with van der Waals surface area (Å²) in [7, 11) is 0. The van der Waals surface area contributed by atoms with Gasteiger partial charge in [0.1, 0.15) is 0 Å². The van der Waals surface area contributed by atoms with Crippen LogP contribution in [-0.4, -0.2) is 43.3 Å². The van der Waals surface area contributed by atoms with Crippen LogP contribution < -0.4 is 0 Å². The third-order valence-electron chi connectivity index (χ3n) is 4.12. The highest BCUT2D eigenvalue weighted by Crippen LogP contribution is 2.23. The maximum atomic E-state index is 12.9. The van der Waals surface area contributed by atoms with Crippen LogP contribution in [0.4, 0.5) is 13.6 Å². The van der Waals surface area contributed by atoms with E-state index in [2.05, 4.69) is 11.8 Å². The number of hydrogen-bond donors (Lipinski definition) is 0. The third-order valence-corrected chi connectivity index (χ3v) is 4.12. The molecule has 0 aromatic heterocycles. The lowest BCUT2D eigenvalue weighted by Crippen LogP contribution is -2.49. The van der Waals surface area contributed by atoms with Gasteiger partial charge in [-0.05, 0) is 6.07 Å². The van der Waals surface area contributed by atoms with E-state index >= 15 is 0 Å². The van der Waals surface area contributed by atoms with Gasteiger partial charge in [-0.15, -0.1) is 0 Å². The van der Waals surface area contributed by atoms with E-state index in [4.69, 9.17) is 9.47 Å². The lowest BCUT2D eigenvalue weighted by Gasteiger charge is -2.35. The molecule has 3 rings (SSSR count). The molecule has 0 N–H and O–H groups in total. The standard InChI is InChI=1S/C18H17F2NO4/c19-17(20)15-4-2-1-3-14(15)6-5-12-8-21(9-12)18(23)25-11-13-7-16(22)24-10-13/h1-4,12-13,17H,7-11H2/t13-/m0/s1. The van der Waals surface area contributed by atoms with Crippen LogP contribution in [0.15, 0.2) is 24.3 Å². The van der Waals surface area contributed by atoms with Gasteiger partial charge in [-0.3, -0.25) is 4.79 Å². The van der Waals surface area contributed by atoms with Crippen LogP contribution in [-0.2, 0) is 14.3 Å². The summed E-state index contributed by atoms with van der Waals surface area (Å²) in [5.41, 5.74) is 0.225. The van der Waals surface area contributed by atoms with Crippen molar-refractivity contribution in [1.82, 2.24) is 4.90 Å². The Morgan fingerprint density at radius 3 is 2.80 bits per heavy atom. The summed E-state index contributed by atoms with van der Waals surface area (Å²) in [5.74, 6) is 5.28.